The lowest BCUT2D eigenvalue weighted by molar-refractivity contribution is -0.0595. The van der Waals surface area contributed by atoms with E-state index in [1.807, 2.05) is 24.3 Å². The Morgan fingerprint density at radius 2 is 1.93 bits per heavy atom. The van der Waals surface area contributed by atoms with Crippen LogP contribution in [-0.4, -0.2) is 33.2 Å². The molecule has 0 aliphatic carbocycles. The summed E-state index contributed by atoms with van der Waals surface area (Å²) in [6.45, 7) is 19.1. The van der Waals surface area contributed by atoms with Crippen molar-refractivity contribution in [2.75, 3.05) is 6.61 Å². The molecule has 152 valence electrons. The van der Waals surface area contributed by atoms with E-state index < -0.39 is 8.32 Å². The van der Waals surface area contributed by atoms with Crippen molar-refractivity contribution < 1.29 is 13.9 Å². The Kier molecular flexibility index (Phi) is 7.87. The summed E-state index contributed by atoms with van der Waals surface area (Å²) >= 11 is 0. The van der Waals surface area contributed by atoms with E-state index in [1.54, 1.807) is 0 Å². The summed E-state index contributed by atoms with van der Waals surface area (Å²) in [6, 6.07) is 10.3. The van der Waals surface area contributed by atoms with Gasteiger partial charge in [-0.15, -0.1) is 6.58 Å². The second-order valence-electron chi connectivity index (χ2n) is 9.32. The van der Waals surface area contributed by atoms with Crippen LogP contribution in [0.3, 0.4) is 0 Å². The molecule has 0 spiro atoms. The summed E-state index contributed by atoms with van der Waals surface area (Å²) < 4.78 is 18.8. The summed E-state index contributed by atoms with van der Waals surface area (Å²) in [5, 5.41) is 0.247. The van der Waals surface area contributed by atoms with Crippen LogP contribution in [-0.2, 0) is 20.5 Å². The third-order valence-corrected chi connectivity index (χ3v) is 10.7. The number of ether oxygens (including phenoxy) is 2. The normalized spacial score (nSPS) is 24.7. The lowest BCUT2D eigenvalue weighted by Crippen LogP contribution is -2.41. The van der Waals surface area contributed by atoms with Crippen LogP contribution in [0.2, 0.25) is 18.1 Å². The minimum absolute atomic E-state index is 0.0704. The van der Waals surface area contributed by atoms with E-state index in [4.69, 9.17) is 13.9 Å². The average molecular weight is 391 g/mol. The topological polar surface area (TPSA) is 27.7 Å². The first-order valence-corrected chi connectivity index (χ1v) is 13.1. The largest absolute Gasteiger partial charge is 0.417 e. The molecule has 1 aromatic rings. The zero-order valence-corrected chi connectivity index (χ0v) is 19.0. The molecule has 0 N–H and O–H groups in total. The molecule has 0 unspecified atom stereocenters. The predicted octanol–water partition coefficient (Wildman–Crippen LogP) is 5.96. The third kappa shape index (κ3) is 6.28. The Morgan fingerprint density at radius 1 is 1.26 bits per heavy atom. The fraction of sp³-hybridized carbons (Fsp3) is 0.652. The molecule has 1 aromatic carbocycles. The first-order valence-electron chi connectivity index (χ1n) is 10.2. The molecule has 4 atom stereocenters. The van der Waals surface area contributed by atoms with Gasteiger partial charge in [0.15, 0.2) is 8.32 Å². The van der Waals surface area contributed by atoms with Crippen LogP contribution in [0, 0.1) is 5.92 Å². The summed E-state index contributed by atoms with van der Waals surface area (Å²) in [7, 11) is -1.69. The molecule has 0 amide bonds. The Morgan fingerprint density at radius 3 is 2.52 bits per heavy atom. The van der Waals surface area contributed by atoms with Crippen LogP contribution in [0.1, 0.15) is 46.1 Å². The van der Waals surface area contributed by atoms with Crippen molar-refractivity contribution in [3.8, 4) is 0 Å². The van der Waals surface area contributed by atoms with Crippen LogP contribution in [0.4, 0.5) is 0 Å². The molecular formula is C23H38O3Si. The highest BCUT2D eigenvalue weighted by Gasteiger charge is 2.39. The molecule has 1 aliphatic rings. The molecule has 4 heteroatoms. The summed E-state index contributed by atoms with van der Waals surface area (Å²) in [4.78, 5) is 0. The first kappa shape index (κ1) is 22.3. The van der Waals surface area contributed by atoms with Crippen molar-refractivity contribution >= 4 is 8.32 Å². The van der Waals surface area contributed by atoms with E-state index in [0.29, 0.717) is 12.5 Å². The maximum atomic E-state index is 6.35. The van der Waals surface area contributed by atoms with Crippen molar-refractivity contribution in [1.29, 1.82) is 0 Å². The van der Waals surface area contributed by atoms with Crippen molar-refractivity contribution in [3.63, 3.8) is 0 Å². The van der Waals surface area contributed by atoms with Crippen molar-refractivity contribution in [3.05, 3.63) is 48.6 Å². The zero-order valence-electron chi connectivity index (χ0n) is 18.0. The summed E-state index contributed by atoms with van der Waals surface area (Å²) in [6.07, 6.45) is 4.10. The average Bonchev–Trinajstić information content (AvgIpc) is 2.96. The molecular weight excluding hydrogens is 352 g/mol. The van der Waals surface area contributed by atoms with Crippen LogP contribution in [0.5, 0.6) is 0 Å². The highest BCUT2D eigenvalue weighted by Crippen LogP contribution is 2.37. The van der Waals surface area contributed by atoms with E-state index in [-0.39, 0.29) is 23.4 Å². The van der Waals surface area contributed by atoms with Gasteiger partial charge in [-0.05, 0) is 42.5 Å². The summed E-state index contributed by atoms with van der Waals surface area (Å²) in [5.41, 5.74) is 1.18. The quantitative estimate of drug-likeness (QED) is 0.384. The lowest BCUT2D eigenvalue weighted by atomic mass is 9.98. The van der Waals surface area contributed by atoms with Crippen molar-refractivity contribution in [2.45, 2.75) is 83.6 Å². The van der Waals surface area contributed by atoms with E-state index in [1.165, 1.54) is 5.56 Å². The highest BCUT2D eigenvalue weighted by molar-refractivity contribution is 6.74. The Hall–Kier alpha value is -0.943. The van der Waals surface area contributed by atoms with E-state index in [9.17, 15) is 0 Å². The molecule has 2 rings (SSSR count). The number of rotatable bonds is 9. The SMILES string of the molecule is C=C[C@@H](OCc1ccccc1)[C@@H]1C[C@H](C)[C@@H](CCO[Si](C)(C)C(C)(C)C)O1. The Bertz CT molecular complexity index is 579. The standard InChI is InChI=1S/C23H38O3Si/c1-8-20(24-17-19-12-10-9-11-13-19)22-16-18(2)21(26-22)14-15-25-27(6,7)23(3,4)5/h8-13,18,20-22H,1,14-17H2,2-7H3/t18-,20+,21+,22-/m0/s1. The molecule has 0 saturated carbocycles. The maximum absolute atomic E-state index is 6.35. The molecule has 1 heterocycles. The van der Waals surface area contributed by atoms with Gasteiger partial charge in [-0.25, -0.2) is 0 Å². The van der Waals surface area contributed by atoms with Crippen molar-refractivity contribution in [2.24, 2.45) is 5.92 Å². The second kappa shape index (κ2) is 9.51. The molecule has 3 nitrogen and oxygen atoms in total. The van der Waals surface area contributed by atoms with E-state index in [2.05, 4.69) is 59.5 Å². The van der Waals surface area contributed by atoms with Gasteiger partial charge < -0.3 is 13.9 Å². The van der Waals surface area contributed by atoms with Gasteiger partial charge in [0.05, 0.1) is 18.8 Å². The molecule has 1 saturated heterocycles. The highest BCUT2D eigenvalue weighted by atomic mass is 28.4. The van der Waals surface area contributed by atoms with Gasteiger partial charge in [0.25, 0.3) is 0 Å². The fourth-order valence-corrected chi connectivity index (χ4v) is 4.30. The van der Waals surface area contributed by atoms with Gasteiger partial charge in [0.2, 0.25) is 0 Å². The van der Waals surface area contributed by atoms with Gasteiger partial charge in [-0.1, -0.05) is 64.1 Å². The van der Waals surface area contributed by atoms with E-state index in [0.717, 1.165) is 19.4 Å². The fourth-order valence-electron chi connectivity index (χ4n) is 3.24. The van der Waals surface area contributed by atoms with Gasteiger partial charge in [0.1, 0.15) is 6.10 Å². The molecule has 1 fully saturated rings. The van der Waals surface area contributed by atoms with Crippen molar-refractivity contribution in [1.82, 2.24) is 0 Å². The first-order chi connectivity index (χ1) is 12.6. The van der Waals surface area contributed by atoms with Crippen LogP contribution in [0.25, 0.3) is 0 Å². The maximum Gasteiger partial charge on any atom is 0.191 e. The van der Waals surface area contributed by atoms with Crippen LogP contribution in [0.15, 0.2) is 43.0 Å². The van der Waals surface area contributed by atoms with Crippen LogP contribution < -0.4 is 0 Å². The summed E-state index contributed by atoms with van der Waals surface area (Å²) in [5.74, 6) is 0.515. The molecule has 0 bridgehead atoms. The number of benzene rings is 1. The number of hydrogen-bond acceptors (Lipinski definition) is 3. The minimum Gasteiger partial charge on any atom is -0.417 e. The van der Waals surface area contributed by atoms with Gasteiger partial charge >= 0.3 is 0 Å². The van der Waals surface area contributed by atoms with Gasteiger partial charge in [-0.2, -0.15) is 0 Å². The second-order valence-corrected chi connectivity index (χ2v) is 14.1. The van der Waals surface area contributed by atoms with Gasteiger partial charge in [-0.3, -0.25) is 0 Å². The monoisotopic (exact) mass is 390 g/mol. The lowest BCUT2D eigenvalue weighted by Gasteiger charge is -2.36. The van der Waals surface area contributed by atoms with Crippen LogP contribution >= 0.6 is 0 Å². The predicted molar refractivity (Wildman–Crippen MR) is 115 cm³/mol. The molecule has 0 aromatic heterocycles. The molecule has 0 radical (unpaired) electrons. The third-order valence-electron chi connectivity index (χ3n) is 6.14. The Balaban J connectivity index is 1.82. The minimum atomic E-state index is -1.69. The Labute approximate surface area is 167 Å². The van der Waals surface area contributed by atoms with Gasteiger partial charge in [0, 0.05) is 6.61 Å². The smallest absolute Gasteiger partial charge is 0.191 e. The number of hydrogen-bond donors (Lipinski definition) is 0. The molecule has 27 heavy (non-hydrogen) atoms. The zero-order chi connectivity index (χ0) is 20.1. The molecule has 1 aliphatic heterocycles. The van der Waals surface area contributed by atoms with E-state index >= 15 is 0 Å².